The summed E-state index contributed by atoms with van der Waals surface area (Å²) < 4.78 is 6.82. The summed E-state index contributed by atoms with van der Waals surface area (Å²) in [4.78, 5) is 0. The molecule has 96 valence electrons. The molecule has 5 nitrogen and oxygen atoms in total. The number of nitrogens with zero attached hydrogens (tertiary/aromatic N) is 3. The summed E-state index contributed by atoms with van der Waals surface area (Å²) in [6.07, 6.45) is 1.81. The maximum atomic E-state index is 9.72. The SMILES string of the molecule is CCC(O)c1cn(-c2ccccc2COC)nn1. The monoisotopic (exact) mass is 247 g/mol. The van der Waals surface area contributed by atoms with Crippen LogP contribution in [-0.2, 0) is 11.3 Å². The fraction of sp³-hybridized carbons (Fsp3) is 0.385. The van der Waals surface area contributed by atoms with Crippen molar-refractivity contribution in [3.63, 3.8) is 0 Å². The van der Waals surface area contributed by atoms with Gasteiger partial charge in [-0.1, -0.05) is 30.3 Å². The average molecular weight is 247 g/mol. The van der Waals surface area contributed by atoms with E-state index < -0.39 is 6.10 Å². The van der Waals surface area contributed by atoms with Crippen molar-refractivity contribution in [1.82, 2.24) is 15.0 Å². The van der Waals surface area contributed by atoms with Gasteiger partial charge in [-0.25, -0.2) is 4.68 Å². The quantitative estimate of drug-likeness (QED) is 0.876. The van der Waals surface area contributed by atoms with Gasteiger partial charge in [0.2, 0.25) is 0 Å². The van der Waals surface area contributed by atoms with Crippen LogP contribution in [0.3, 0.4) is 0 Å². The molecule has 1 unspecified atom stereocenters. The Labute approximate surface area is 106 Å². The Morgan fingerprint density at radius 1 is 1.39 bits per heavy atom. The van der Waals surface area contributed by atoms with E-state index in [0.29, 0.717) is 18.7 Å². The van der Waals surface area contributed by atoms with Crippen LogP contribution in [0.15, 0.2) is 30.5 Å². The molecule has 1 N–H and O–H groups in total. The summed E-state index contributed by atoms with van der Waals surface area (Å²) in [6, 6.07) is 7.82. The number of aliphatic hydroxyl groups excluding tert-OH is 1. The van der Waals surface area contributed by atoms with Gasteiger partial charge in [0, 0.05) is 12.7 Å². The molecule has 0 saturated heterocycles. The van der Waals surface area contributed by atoms with E-state index in [9.17, 15) is 5.11 Å². The molecule has 0 aliphatic heterocycles. The summed E-state index contributed by atoms with van der Waals surface area (Å²) in [5, 5.41) is 17.8. The summed E-state index contributed by atoms with van der Waals surface area (Å²) in [5.74, 6) is 0. The first-order valence-electron chi connectivity index (χ1n) is 5.93. The van der Waals surface area contributed by atoms with Gasteiger partial charge in [0.05, 0.1) is 24.6 Å². The Hall–Kier alpha value is -1.72. The Balaban J connectivity index is 2.33. The number of methoxy groups -OCH3 is 1. The predicted molar refractivity (Wildman–Crippen MR) is 67.3 cm³/mol. The highest BCUT2D eigenvalue weighted by Crippen LogP contribution is 2.17. The van der Waals surface area contributed by atoms with Gasteiger partial charge in [-0.3, -0.25) is 0 Å². The minimum Gasteiger partial charge on any atom is -0.387 e. The molecule has 2 aromatic rings. The summed E-state index contributed by atoms with van der Waals surface area (Å²) in [7, 11) is 1.66. The fourth-order valence-corrected chi connectivity index (χ4v) is 1.77. The largest absolute Gasteiger partial charge is 0.387 e. The molecule has 1 aromatic heterocycles. The van der Waals surface area contributed by atoms with E-state index in [-0.39, 0.29) is 0 Å². The smallest absolute Gasteiger partial charge is 0.112 e. The highest BCUT2D eigenvalue weighted by Gasteiger charge is 2.12. The van der Waals surface area contributed by atoms with Gasteiger partial charge < -0.3 is 9.84 Å². The zero-order chi connectivity index (χ0) is 13.0. The molecule has 0 saturated carbocycles. The van der Waals surface area contributed by atoms with Crippen LogP contribution in [0.25, 0.3) is 5.69 Å². The van der Waals surface area contributed by atoms with Crippen molar-refractivity contribution < 1.29 is 9.84 Å². The van der Waals surface area contributed by atoms with Crippen LogP contribution < -0.4 is 0 Å². The van der Waals surface area contributed by atoms with Gasteiger partial charge in [0.15, 0.2) is 0 Å². The van der Waals surface area contributed by atoms with Crippen molar-refractivity contribution in [2.24, 2.45) is 0 Å². The minimum absolute atomic E-state index is 0.516. The van der Waals surface area contributed by atoms with Gasteiger partial charge in [-0.05, 0) is 12.5 Å². The molecule has 5 heteroatoms. The fourth-order valence-electron chi connectivity index (χ4n) is 1.77. The molecule has 1 aromatic carbocycles. The maximum Gasteiger partial charge on any atom is 0.112 e. The first kappa shape index (κ1) is 12.7. The Bertz CT molecular complexity index is 510. The average Bonchev–Trinajstić information content (AvgIpc) is 2.88. The number of para-hydroxylation sites is 1. The molecule has 0 amide bonds. The summed E-state index contributed by atoms with van der Waals surface area (Å²) in [5.41, 5.74) is 2.54. The van der Waals surface area contributed by atoms with E-state index in [4.69, 9.17) is 4.74 Å². The first-order chi connectivity index (χ1) is 8.76. The zero-order valence-electron chi connectivity index (χ0n) is 10.6. The molecular weight excluding hydrogens is 230 g/mol. The van der Waals surface area contributed by atoms with Crippen LogP contribution in [0.4, 0.5) is 0 Å². The number of benzene rings is 1. The van der Waals surface area contributed by atoms with E-state index in [2.05, 4.69) is 10.3 Å². The third-order valence-corrected chi connectivity index (χ3v) is 2.78. The molecule has 0 aliphatic carbocycles. The van der Waals surface area contributed by atoms with Crippen molar-refractivity contribution in [1.29, 1.82) is 0 Å². The molecule has 2 rings (SSSR count). The van der Waals surface area contributed by atoms with Gasteiger partial charge >= 0.3 is 0 Å². The maximum absolute atomic E-state index is 9.72. The van der Waals surface area contributed by atoms with Crippen molar-refractivity contribution in [3.8, 4) is 5.69 Å². The lowest BCUT2D eigenvalue weighted by Crippen LogP contribution is -2.01. The Kier molecular flexibility index (Phi) is 4.07. The van der Waals surface area contributed by atoms with Crippen molar-refractivity contribution in [3.05, 3.63) is 41.7 Å². The zero-order valence-corrected chi connectivity index (χ0v) is 10.6. The number of aliphatic hydroxyl groups is 1. The van der Waals surface area contributed by atoms with Crippen LogP contribution in [-0.4, -0.2) is 27.2 Å². The second kappa shape index (κ2) is 5.75. The first-order valence-corrected chi connectivity index (χ1v) is 5.93. The van der Waals surface area contributed by atoms with E-state index in [1.54, 1.807) is 18.0 Å². The van der Waals surface area contributed by atoms with Gasteiger partial charge in [-0.2, -0.15) is 0 Å². The van der Waals surface area contributed by atoms with Crippen LogP contribution >= 0.6 is 0 Å². The Morgan fingerprint density at radius 3 is 2.89 bits per heavy atom. The highest BCUT2D eigenvalue weighted by atomic mass is 16.5. The number of rotatable bonds is 5. The lowest BCUT2D eigenvalue weighted by atomic mass is 10.2. The van der Waals surface area contributed by atoms with Crippen LogP contribution in [0.1, 0.15) is 30.7 Å². The second-order valence-corrected chi connectivity index (χ2v) is 4.07. The molecule has 0 bridgehead atoms. The standard InChI is InChI=1S/C13H17N3O2/c1-3-13(17)11-8-16(15-14-11)12-7-5-4-6-10(12)9-18-2/h4-8,13,17H,3,9H2,1-2H3. The number of hydrogen-bond donors (Lipinski definition) is 1. The third kappa shape index (κ3) is 2.57. The van der Waals surface area contributed by atoms with Gasteiger partial charge in [0.1, 0.15) is 5.69 Å². The lowest BCUT2D eigenvalue weighted by Gasteiger charge is -2.07. The van der Waals surface area contributed by atoms with Crippen molar-refractivity contribution in [2.75, 3.05) is 7.11 Å². The molecule has 0 aliphatic rings. The normalized spacial score (nSPS) is 12.6. The van der Waals surface area contributed by atoms with Gasteiger partial charge in [-0.15, -0.1) is 5.10 Å². The topological polar surface area (TPSA) is 60.2 Å². The van der Waals surface area contributed by atoms with Gasteiger partial charge in [0.25, 0.3) is 0 Å². The van der Waals surface area contributed by atoms with Crippen LogP contribution in [0, 0.1) is 0 Å². The molecule has 0 fully saturated rings. The van der Waals surface area contributed by atoms with Crippen LogP contribution in [0.5, 0.6) is 0 Å². The number of hydrogen-bond acceptors (Lipinski definition) is 4. The second-order valence-electron chi connectivity index (χ2n) is 4.07. The molecule has 1 heterocycles. The summed E-state index contributed by atoms with van der Waals surface area (Å²) in [6.45, 7) is 2.42. The highest BCUT2D eigenvalue weighted by molar-refractivity contribution is 5.39. The third-order valence-electron chi connectivity index (χ3n) is 2.78. The summed E-state index contributed by atoms with van der Waals surface area (Å²) >= 11 is 0. The molecular formula is C13H17N3O2. The van der Waals surface area contributed by atoms with Crippen LogP contribution in [0.2, 0.25) is 0 Å². The molecule has 0 radical (unpaired) electrons. The van der Waals surface area contributed by atoms with Crippen molar-refractivity contribution in [2.45, 2.75) is 26.1 Å². The predicted octanol–water partition coefficient (Wildman–Crippen LogP) is 1.86. The molecule has 18 heavy (non-hydrogen) atoms. The number of ether oxygens (including phenoxy) is 1. The van der Waals surface area contributed by atoms with E-state index >= 15 is 0 Å². The molecule has 0 spiro atoms. The lowest BCUT2D eigenvalue weighted by molar-refractivity contribution is 0.169. The molecule has 1 atom stereocenters. The van der Waals surface area contributed by atoms with E-state index in [1.807, 2.05) is 31.2 Å². The Morgan fingerprint density at radius 2 is 2.17 bits per heavy atom. The van der Waals surface area contributed by atoms with E-state index in [1.165, 1.54) is 0 Å². The number of aromatic nitrogens is 3. The van der Waals surface area contributed by atoms with Crippen molar-refractivity contribution >= 4 is 0 Å². The van der Waals surface area contributed by atoms with E-state index in [0.717, 1.165) is 11.3 Å². The minimum atomic E-state index is -0.562.